The van der Waals surface area contributed by atoms with Crippen LogP contribution in [0.25, 0.3) is 0 Å². The van der Waals surface area contributed by atoms with E-state index in [1.54, 1.807) is 0 Å². The smallest absolute Gasteiger partial charge is 0.0291 e. The second kappa shape index (κ2) is 2.17. The Labute approximate surface area is 58.0 Å². The predicted molar refractivity (Wildman–Crippen MR) is 41.4 cm³/mol. The van der Waals surface area contributed by atoms with Gasteiger partial charge in [0.15, 0.2) is 0 Å². The molecule has 0 amide bonds. The van der Waals surface area contributed by atoms with Gasteiger partial charge in [-0.15, -0.1) is 0 Å². The highest BCUT2D eigenvalue weighted by Crippen LogP contribution is 2.48. The fraction of sp³-hybridized carbons (Fsp3) is 0.778. The van der Waals surface area contributed by atoms with Gasteiger partial charge in [0, 0.05) is 0 Å². The lowest BCUT2D eigenvalue weighted by molar-refractivity contribution is 0.583. The molecule has 0 heteroatoms. The second-order valence-corrected chi connectivity index (χ2v) is 3.80. The minimum atomic E-state index is 0.706. The van der Waals surface area contributed by atoms with Crippen LogP contribution in [0.3, 0.4) is 0 Å². The number of rotatable bonds is 2. The molecule has 1 aliphatic carbocycles. The molecule has 0 saturated heterocycles. The minimum absolute atomic E-state index is 0.706. The molecule has 1 aliphatic rings. The van der Waals surface area contributed by atoms with Crippen molar-refractivity contribution in [1.29, 1.82) is 0 Å². The maximum Gasteiger partial charge on any atom is -0.0291 e. The second-order valence-electron chi connectivity index (χ2n) is 3.80. The van der Waals surface area contributed by atoms with Crippen LogP contribution in [0.15, 0.2) is 11.6 Å². The van der Waals surface area contributed by atoms with Gasteiger partial charge in [-0.05, 0) is 38.5 Å². The van der Waals surface area contributed by atoms with E-state index in [4.69, 9.17) is 0 Å². The Bertz CT molecular complexity index is 123. The van der Waals surface area contributed by atoms with Crippen molar-refractivity contribution in [3.63, 3.8) is 0 Å². The Kier molecular flexibility index (Phi) is 1.65. The summed E-state index contributed by atoms with van der Waals surface area (Å²) in [5.41, 5.74) is 2.17. The molecule has 0 heterocycles. The van der Waals surface area contributed by atoms with Crippen molar-refractivity contribution >= 4 is 0 Å². The molecule has 0 atom stereocenters. The van der Waals surface area contributed by atoms with E-state index in [-0.39, 0.29) is 0 Å². The van der Waals surface area contributed by atoms with E-state index in [0.717, 1.165) is 0 Å². The average molecular weight is 124 g/mol. The lowest BCUT2D eigenvalue weighted by Gasteiger charge is -2.01. The van der Waals surface area contributed by atoms with Crippen LogP contribution < -0.4 is 0 Å². The summed E-state index contributed by atoms with van der Waals surface area (Å²) in [5.74, 6) is 0. The zero-order chi connectivity index (χ0) is 6.91. The SMILES string of the molecule is CC(C)=CCC1(C)CC1. The molecule has 0 aliphatic heterocycles. The van der Waals surface area contributed by atoms with Gasteiger partial charge >= 0.3 is 0 Å². The van der Waals surface area contributed by atoms with Gasteiger partial charge in [-0.25, -0.2) is 0 Å². The van der Waals surface area contributed by atoms with Crippen molar-refractivity contribution in [2.45, 2.75) is 40.0 Å². The quantitative estimate of drug-likeness (QED) is 0.496. The van der Waals surface area contributed by atoms with Crippen LogP contribution in [0.1, 0.15) is 40.0 Å². The van der Waals surface area contributed by atoms with Crippen molar-refractivity contribution in [1.82, 2.24) is 0 Å². The van der Waals surface area contributed by atoms with E-state index < -0.39 is 0 Å². The van der Waals surface area contributed by atoms with E-state index in [1.807, 2.05) is 0 Å². The van der Waals surface area contributed by atoms with Crippen molar-refractivity contribution in [2.24, 2.45) is 5.41 Å². The van der Waals surface area contributed by atoms with Crippen LogP contribution >= 0.6 is 0 Å². The summed E-state index contributed by atoms with van der Waals surface area (Å²) in [6.45, 7) is 6.71. The lowest BCUT2D eigenvalue weighted by Crippen LogP contribution is -1.88. The molecule has 1 saturated carbocycles. The van der Waals surface area contributed by atoms with E-state index in [2.05, 4.69) is 26.8 Å². The number of hydrogen-bond acceptors (Lipinski definition) is 0. The third kappa shape index (κ3) is 2.21. The van der Waals surface area contributed by atoms with Crippen molar-refractivity contribution in [3.8, 4) is 0 Å². The summed E-state index contributed by atoms with van der Waals surface area (Å²) >= 11 is 0. The highest BCUT2D eigenvalue weighted by atomic mass is 14.4. The summed E-state index contributed by atoms with van der Waals surface area (Å²) in [6, 6.07) is 0. The maximum atomic E-state index is 2.37. The summed E-state index contributed by atoms with van der Waals surface area (Å²) < 4.78 is 0. The van der Waals surface area contributed by atoms with Crippen molar-refractivity contribution in [3.05, 3.63) is 11.6 Å². The van der Waals surface area contributed by atoms with E-state index in [0.29, 0.717) is 5.41 Å². The molecule has 1 rings (SSSR count). The van der Waals surface area contributed by atoms with Gasteiger partial charge in [0.1, 0.15) is 0 Å². The van der Waals surface area contributed by atoms with Crippen molar-refractivity contribution in [2.75, 3.05) is 0 Å². The molecule has 0 radical (unpaired) electrons. The first kappa shape index (κ1) is 6.85. The zero-order valence-electron chi connectivity index (χ0n) is 6.70. The van der Waals surface area contributed by atoms with Crippen LogP contribution in [0.2, 0.25) is 0 Å². The molecule has 1 fully saturated rings. The third-order valence-corrected chi connectivity index (χ3v) is 2.11. The van der Waals surface area contributed by atoms with Gasteiger partial charge in [0.25, 0.3) is 0 Å². The van der Waals surface area contributed by atoms with Crippen LogP contribution in [-0.4, -0.2) is 0 Å². The van der Waals surface area contributed by atoms with Gasteiger partial charge in [0.05, 0.1) is 0 Å². The summed E-state index contributed by atoms with van der Waals surface area (Å²) in [6.07, 6.45) is 6.54. The molecule has 52 valence electrons. The largest absolute Gasteiger partial charge is 0.0853 e. The van der Waals surface area contributed by atoms with Gasteiger partial charge < -0.3 is 0 Å². The normalized spacial score (nSPS) is 21.2. The number of allylic oxidation sites excluding steroid dienone is 2. The topological polar surface area (TPSA) is 0 Å². The predicted octanol–water partition coefficient (Wildman–Crippen LogP) is 3.14. The zero-order valence-corrected chi connectivity index (χ0v) is 6.70. The fourth-order valence-corrected chi connectivity index (χ4v) is 0.868. The Hall–Kier alpha value is -0.260. The van der Waals surface area contributed by atoms with Gasteiger partial charge in [-0.3, -0.25) is 0 Å². The van der Waals surface area contributed by atoms with E-state index >= 15 is 0 Å². The van der Waals surface area contributed by atoms with Gasteiger partial charge in [-0.2, -0.15) is 0 Å². The van der Waals surface area contributed by atoms with Crippen LogP contribution in [-0.2, 0) is 0 Å². The maximum absolute atomic E-state index is 2.37. The lowest BCUT2D eigenvalue weighted by atomic mass is 10.0. The highest BCUT2D eigenvalue weighted by Gasteiger charge is 2.35. The molecule has 0 bridgehead atoms. The first-order valence-electron chi connectivity index (χ1n) is 3.76. The Morgan fingerprint density at radius 3 is 2.33 bits per heavy atom. The molecule has 0 spiro atoms. The first-order chi connectivity index (χ1) is 4.12. The van der Waals surface area contributed by atoms with Gasteiger partial charge in [-0.1, -0.05) is 18.6 Å². The van der Waals surface area contributed by atoms with Crippen LogP contribution in [0.4, 0.5) is 0 Å². The van der Waals surface area contributed by atoms with Crippen LogP contribution in [0.5, 0.6) is 0 Å². The van der Waals surface area contributed by atoms with Gasteiger partial charge in [0.2, 0.25) is 0 Å². The molecule has 0 nitrogen and oxygen atoms in total. The third-order valence-electron chi connectivity index (χ3n) is 2.11. The molecule has 0 N–H and O–H groups in total. The first-order valence-corrected chi connectivity index (χ1v) is 3.76. The Morgan fingerprint density at radius 2 is 2.00 bits per heavy atom. The van der Waals surface area contributed by atoms with E-state index in [9.17, 15) is 0 Å². The van der Waals surface area contributed by atoms with E-state index in [1.165, 1.54) is 24.8 Å². The Morgan fingerprint density at radius 1 is 1.44 bits per heavy atom. The summed E-state index contributed by atoms with van der Waals surface area (Å²) in [5, 5.41) is 0. The minimum Gasteiger partial charge on any atom is -0.0853 e. The van der Waals surface area contributed by atoms with Crippen molar-refractivity contribution < 1.29 is 0 Å². The summed E-state index contributed by atoms with van der Waals surface area (Å²) in [4.78, 5) is 0. The number of hydrogen-bond donors (Lipinski definition) is 0. The molecule has 0 aromatic rings. The molecule has 0 aromatic heterocycles. The van der Waals surface area contributed by atoms with Crippen LogP contribution in [0, 0.1) is 5.41 Å². The summed E-state index contributed by atoms with van der Waals surface area (Å²) in [7, 11) is 0. The highest BCUT2D eigenvalue weighted by molar-refractivity contribution is 5.01. The molecule has 0 unspecified atom stereocenters. The molecular weight excluding hydrogens is 108 g/mol. The fourth-order valence-electron chi connectivity index (χ4n) is 0.868. The molecule has 9 heavy (non-hydrogen) atoms. The molecule has 0 aromatic carbocycles. The standard InChI is InChI=1S/C9H16/c1-8(2)4-5-9(3)6-7-9/h4H,5-7H2,1-3H3. The Balaban J connectivity index is 2.27. The monoisotopic (exact) mass is 124 g/mol. The average Bonchev–Trinajstić information content (AvgIpc) is 2.45. The molecular formula is C9H16.